The molecule has 5 heteroatoms. The van der Waals surface area contributed by atoms with Gasteiger partial charge >= 0.3 is 5.97 Å². The van der Waals surface area contributed by atoms with Crippen LogP contribution in [-0.4, -0.2) is 28.3 Å². The van der Waals surface area contributed by atoms with Crippen LogP contribution in [-0.2, 0) is 6.54 Å². The predicted octanol–water partition coefficient (Wildman–Crippen LogP) is 1.76. The number of hydrogen-bond donors (Lipinski definition) is 3. The highest BCUT2D eigenvalue weighted by Gasteiger charge is 2.41. The molecule has 0 saturated heterocycles. The lowest BCUT2D eigenvalue weighted by molar-refractivity contribution is 0.0697. The topological polar surface area (TPSA) is 69.6 Å². The molecule has 1 aliphatic rings. The second kappa shape index (κ2) is 4.76. The van der Waals surface area contributed by atoms with Crippen LogP contribution >= 0.6 is 15.9 Å². The molecule has 0 spiro atoms. The Morgan fingerprint density at radius 3 is 2.65 bits per heavy atom. The zero-order valence-corrected chi connectivity index (χ0v) is 10.8. The van der Waals surface area contributed by atoms with Crippen LogP contribution in [0.4, 0.5) is 0 Å². The molecule has 0 atom stereocenters. The average molecular weight is 300 g/mol. The first-order valence-electron chi connectivity index (χ1n) is 5.44. The van der Waals surface area contributed by atoms with Gasteiger partial charge in [-0.1, -0.05) is 22.0 Å². The van der Waals surface area contributed by atoms with Gasteiger partial charge in [0.2, 0.25) is 0 Å². The van der Waals surface area contributed by atoms with E-state index >= 15 is 0 Å². The van der Waals surface area contributed by atoms with E-state index in [1.807, 2.05) is 0 Å². The van der Waals surface area contributed by atoms with Crippen LogP contribution in [0.2, 0.25) is 0 Å². The van der Waals surface area contributed by atoms with Gasteiger partial charge in [0.25, 0.3) is 0 Å². The highest BCUT2D eigenvalue weighted by molar-refractivity contribution is 9.10. The summed E-state index contributed by atoms with van der Waals surface area (Å²) in [6.45, 7) is 0.777. The fraction of sp³-hybridized carbons (Fsp3) is 0.417. The minimum atomic E-state index is -0.931. The summed E-state index contributed by atoms with van der Waals surface area (Å²) in [4.78, 5) is 10.8. The van der Waals surface area contributed by atoms with E-state index in [1.54, 1.807) is 18.2 Å². The fourth-order valence-electron chi connectivity index (χ4n) is 1.65. The van der Waals surface area contributed by atoms with Crippen molar-refractivity contribution in [2.45, 2.75) is 24.9 Å². The van der Waals surface area contributed by atoms with E-state index in [4.69, 9.17) is 10.2 Å². The van der Waals surface area contributed by atoms with Crippen molar-refractivity contribution in [3.05, 3.63) is 33.8 Å². The Balaban J connectivity index is 2.04. The summed E-state index contributed by atoms with van der Waals surface area (Å²) in [6.07, 6.45) is 1.99. The van der Waals surface area contributed by atoms with Crippen molar-refractivity contribution in [2.24, 2.45) is 0 Å². The summed E-state index contributed by atoms with van der Waals surface area (Å²) in [5.41, 5.74) is 1.16. The molecule has 2 rings (SSSR count). The Bertz CT molecular complexity index is 443. The molecule has 1 aromatic rings. The molecule has 1 saturated carbocycles. The highest BCUT2D eigenvalue weighted by atomic mass is 79.9. The monoisotopic (exact) mass is 299 g/mol. The molecule has 0 radical (unpaired) electrons. The van der Waals surface area contributed by atoms with Crippen LogP contribution in [0, 0.1) is 0 Å². The molecule has 0 amide bonds. The van der Waals surface area contributed by atoms with Crippen molar-refractivity contribution >= 4 is 21.9 Å². The van der Waals surface area contributed by atoms with Crippen molar-refractivity contribution in [2.75, 3.05) is 6.61 Å². The lowest BCUT2D eigenvalue weighted by atomic mass is 10.1. The van der Waals surface area contributed by atoms with Gasteiger partial charge in [0.15, 0.2) is 0 Å². The second-order valence-corrected chi connectivity index (χ2v) is 5.26. The van der Waals surface area contributed by atoms with Crippen molar-refractivity contribution in [3.63, 3.8) is 0 Å². The van der Waals surface area contributed by atoms with E-state index in [9.17, 15) is 4.79 Å². The van der Waals surface area contributed by atoms with Crippen molar-refractivity contribution in [1.29, 1.82) is 0 Å². The first kappa shape index (κ1) is 12.5. The fourth-order valence-corrected chi connectivity index (χ4v) is 2.17. The number of rotatable bonds is 5. The average Bonchev–Trinajstić information content (AvgIpc) is 3.08. The van der Waals surface area contributed by atoms with Crippen molar-refractivity contribution in [1.82, 2.24) is 5.32 Å². The minimum absolute atomic E-state index is 0.106. The Hall–Kier alpha value is -0.910. The summed E-state index contributed by atoms with van der Waals surface area (Å²) < 4.78 is 0.777. The molecule has 0 bridgehead atoms. The smallest absolute Gasteiger partial charge is 0.335 e. The van der Waals surface area contributed by atoms with E-state index in [2.05, 4.69) is 21.2 Å². The number of nitrogens with one attached hydrogen (secondary N) is 1. The number of carboxylic acids is 1. The highest BCUT2D eigenvalue weighted by Crippen LogP contribution is 2.35. The first-order chi connectivity index (χ1) is 8.06. The number of hydrogen-bond acceptors (Lipinski definition) is 3. The molecule has 92 valence electrons. The van der Waals surface area contributed by atoms with Crippen LogP contribution in [0.15, 0.2) is 22.7 Å². The summed E-state index contributed by atoms with van der Waals surface area (Å²) >= 11 is 3.36. The van der Waals surface area contributed by atoms with Crippen molar-refractivity contribution in [3.8, 4) is 0 Å². The predicted molar refractivity (Wildman–Crippen MR) is 67.0 cm³/mol. The molecule has 3 N–H and O–H groups in total. The summed E-state index contributed by atoms with van der Waals surface area (Å²) in [5, 5.41) is 21.3. The number of aliphatic hydroxyl groups is 1. The summed E-state index contributed by atoms with van der Waals surface area (Å²) in [6, 6.07) is 4.97. The maximum atomic E-state index is 10.8. The molecule has 0 unspecified atom stereocenters. The third-order valence-corrected chi connectivity index (χ3v) is 3.85. The SMILES string of the molecule is O=C(O)c1ccc(CNC2(CO)CC2)c(Br)c1. The summed E-state index contributed by atoms with van der Waals surface area (Å²) in [7, 11) is 0. The van der Waals surface area contributed by atoms with Gasteiger partial charge < -0.3 is 15.5 Å². The standard InChI is InChI=1S/C12H14BrNO3/c13-10-5-8(11(16)17)1-2-9(10)6-14-12(7-15)3-4-12/h1-2,5,14-15H,3-4,6-7H2,(H,16,17). The third kappa shape index (κ3) is 2.86. The second-order valence-electron chi connectivity index (χ2n) is 4.40. The van der Waals surface area contributed by atoms with Crippen LogP contribution in [0.5, 0.6) is 0 Å². The molecule has 0 heterocycles. The number of carbonyl (C=O) groups is 1. The maximum absolute atomic E-state index is 10.8. The Morgan fingerprint density at radius 1 is 1.47 bits per heavy atom. The first-order valence-corrected chi connectivity index (χ1v) is 6.23. The Morgan fingerprint density at radius 2 is 2.18 bits per heavy atom. The lowest BCUT2D eigenvalue weighted by Gasteiger charge is -2.15. The molecular weight excluding hydrogens is 286 g/mol. The van der Waals surface area contributed by atoms with Gasteiger partial charge in [-0.05, 0) is 30.5 Å². The van der Waals surface area contributed by atoms with E-state index in [-0.39, 0.29) is 17.7 Å². The quantitative estimate of drug-likeness (QED) is 0.775. The van der Waals surface area contributed by atoms with Crippen LogP contribution in [0.25, 0.3) is 0 Å². The molecule has 1 aromatic carbocycles. The largest absolute Gasteiger partial charge is 0.478 e. The van der Waals surface area contributed by atoms with Gasteiger partial charge in [0.1, 0.15) is 0 Å². The molecule has 1 aliphatic carbocycles. The van der Waals surface area contributed by atoms with E-state index < -0.39 is 5.97 Å². The Labute approximate surface area is 108 Å². The normalized spacial score (nSPS) is 16.8. The number of aromatic carboxylic acids is 1. The van der Waals surface area contributed by atoms with Crippen LogP contribution in [0.3, 0.4) is 0 Å². The zero-order chi connectivity index (χ0) is 12.5. The molecular formula is C12H14BrNO3. The van der Waals surface area contributed by atoms with Gasteiger partial charge in [-0.2, -0.15) is 0 Å². The molecule has 0 aromatic heterocycles. The summed E-state index contributed by atoms with van der Waals surface area (Å²) in [5.74, 6) is -0.931. The van der Waals surface area contributed by atoms with E-state index in [0.717, 1.165) is 22.9 Å². The molecule has 1 fully saturated rings. The molecule has 4 nitrogen and oxygen atoms in total. The van der Waals surface area contributed by atoms with Gasteiger partial charge in [-0.15, -0.1) is 0 Å². The number of aliphatic hydroxyl groups excluding tert-OH is 1. The lowest BCUT2D eigenvalue weighted by Crippen LogP contribution is -2.34. The van der Waals surface area contributed by atoms with Crippen molar-refractivity contribution < 1.29 is 15.0 Å². The van der Waals surface area contributed by atoms with Gasteiger partial charge in [-0.25, -0.2) is 4.79 Å². The van der Waals surface area contributed by atoms with Gasteiger partial charge in [0.05, 0.1) is 12.2 Å². The zero-order valence-electron chi connectivity index (χ0n) is 9.24. The maximum Gasteiger partial charge on any atom is 0.335 e. The number of carboxylic acid groups (broad SMARTS) is 1. The molecule has 17 heavy (non-hydrogen) atoms. The minimum Gasteiger partial charge on any atom is -0.478 e. The van der Waals surface area contributed by atoms with Gasteiger partial charge in [0, 0.05) is 16.6 Å². The van der Waals surface area contributed by atoms with E-state index in [0.29, 0.717) is 6.54 Å². The van der Waals surface area contributed by atoms with E-state index in [1.165, 1.54) is 0 Å². The molecule has 0 aliphatic heterocycles. The van der Waals surface area contributed by atoms with Crippen LogP contribution in [0.1, 0.15) is 28.8 Å². The Kier molecular flexibility index (Phi) is 3.51. The van der Waals surface area contributed by atoms with Crippen LogP contribution < -0.4 is 5.32 Å². The third-order valence-electron chi connectivity index (χ3n) is 3.11. The number of benzene rings is 1. The number of halogens is 1. The van der Waals surface area contributed by atoms with Gasteiger partial charge in [-0.3, -0.25) is 0 Å².